The summed E-state index contributed by atoms with van der Waals surface area (Å²) >= 11 is 0. The first-order chi connectivity index (χ1) is 9.40. The summed E-state index contributed by atoms with van der Waals surface area (Å²) < 4.78 is 1.18. The minimum Gasteiger partial charge on any atom is -0.493 e. The van der Waals surface area contributed by atoms with Crippen LogP contribution in [0.5, 0.6) is 5.88 Å². The number of aliphatic hydroxyl groups is 1. The summed E-state index contributed by atoms with van der Waals surface area (Å²) in [4.78, 5) is 27.9. The molecule has 2 heterocycles. The van der Waals surface area contributed by atoms with Crippen LogP contribution in [-0.2, 0) is 0 Å². The molecule has 0 saturated heterocycles. The van der Waals surface area contributed by atoms with Gasteiger partial charge in [0.1, 0.15) is 5.65 Å². The monoisotopic (exact) mass is 277 g/mol. The molecule has 1 atom stereocenters. The smallest absolute Gasteiger partial charge is 0.274 e. The molecule has 0 radical (unpaired) electrons. The van der Waals surface area contributed by atoms with Gasteiger partial charge >= 0.3 is 0 Å². The van der Waals surface area contributed by atoms with Crippen LogP contribution in [-0.4, -0.2) is 38.2 Å². The van der Waals surface area contributed by atoms with Crippen molar-refractivity contribution in [3.8, 4) is 5.88 Å². The van der Waals surface area contributed by atoms with Gasteiger partial charge in [0.15, 0.2) is 5.56 Å². The van der Waals surface area contributed by atoms with Gasteiger partial charge in [0.05, 0.1) is 6.10 Å². The number of nitrogens with zero attached hydrogens (tertiary/aromatic N) is 2. The molecule has 0 aliphatic rings. The summed E-state index contributed by atoms with van der Waals surface area (Å²) in [5.74, 6) is -1.39. The van der Waals surface area contributed by atoms with E-state index in [1.807, 2.05) is 6.92 Å². The molecular formula is C13H15N3O4. The highest BCUT2D eigenvalue weighted by atomic mass is 16.3. The van der Waals surface area contributed by atoms with Crippen molar-refractivity contribution in [1.29, 1.82) is 0 Å². The first-order valence-electron chi connectivity index (χ1n) is 6.08. The minimum absolute atomic E-state index is 0.0195. The molecule has 3 N–H and O–H groups in total. The lowest BCUT2D eigenvalue weighted by atomic mass is 10.2. The van der Waals surface area contributed by atoms with Crippen LogP contribution in [0.2, 0.25) is 0 Å². The number of aryl methyl sites for hydroxylation is 1. The number of nitrogens with one attached hydrogen (secondary N) is 1. The molecule has 0 spiro atoms. The standard InChI is InChI=1S/C13H15N3O4/c1-7-3-4-16-9(5-7)15-12(19)10(13(16)20)11(18)14-6-8(2)17/h3-5,8,17,19H,6H2,1-2H3,(H,14,18)/t8-/m0/s1. The van der Waals surface area contributed by atoms with E-state index in [0.717, 1.165) is 5.56 Å². The van der Waals surface area contributed by atoms with Crippen LogP contribution in [0, 0.1) is 6.92 Å². The van der Waals surface area contributed by atoms with E-state index < -0.39 is 29.0 Å². The van der Waals surface area contributed by atoms with Gasteiger partial charge in [-0.25, -0.2) is 0 Å². The van der Waals surface area contributed by atoms with Gasteiger partial charge in [-0.3, -0.25) is 14.0 Å². The van der Waals surface area contributed by atoms with E-state index in [1.54, 1.807) is 12.1 Å². The SMILES string of the molecule is Cc1ccn2c(=O)c(C(=O)NC[C@H](C)O)c(O)nc2c1. The molecule has 0 unspecified atom stereocenters. The number of amides is 1. The summed E-state index contributed by atoms with van der Waals surface area (Å²) in [6, 6.07) is 3.32. The summed E-state index contributed by atoms with van der Waals surface area (Å²) in [7, 11) is 0. The number of carbonyl (C=O) groups excluding carboxylic acids is 1. The van der Waals surface area contributed by atoms with Crippen LogP contribution in [0.3, 0.4) is 0 Å². The Morgan fingerprint density at radius 3 is 2.90 bits per heavy atom. The maximum atomic E-state index is 12.2. The molecular weight excluding hydrogens is 262 g/mol. The fourth-order valence-corrected chi connectivity index (χ4v) is 1.76. The number of hydrogen-bond acceptors (Lipinski definition) is 5. The Labute approximate surface area is 114 Å². The van der Waals surface area contributed by atoms with Crippen molar-refractivity contribution >= 4 is 11.6 Å². The second-order valence-corrected chi connectivity index (χ2v) is 4.61. The Bertz CT molecular complexity index is 721. The average Bonchev–Trinajstić information content (AvgIpc) is 2.35. The minimum atomic E-state index is -0.768. The van der Waals surface area contributed by atoms with E-state index in [0.29, 0.717) is 0 Å². The molecule has 0 fully saturated rings. The Kier molecular flexibility index (Phi) is 3.71. The number of aliphatic hydroxyl groups excluding tert-OH is 1. The maximum absolute atomic E-state index is 12.2. The molecule has 7 heteroatoms. The quantitative estimate of drug-likeness (QED) is 0.722. The Hall–Kier alpha value is -2.41. The fraction of sp³-hybridized carbons (Fsp3) is 0.308. The molecule has 2 aromatic rings. The first-order valence-corrected chi connectivity index (χ1v) is 6.08. The molecule has 7 nitrogen and oxygen atoms in total. The molecule has 106 valence electrons. The van der Waals surface area contributed by atoms with E-state index >= 15 is 0 Å². The highest BCUT2D eigenvalue weighted by molar-refractivity contribution is 5.96. The van der Waals surface area contributed by atoms with Gasteiger partial charge < -0.3 is 15.5 Å². The molecule has 0 aliphatic heterocycles. The van der Waals surface area contributed by atoms with E-state index in [4.69, 9.17) is 5.11 Å². The number of rotatable bonds is 3. The number of fused-ring (bicyclic) bond motifs is 1. The van der Waals surface area contributed by atoms with E-state index in [-0.39, 0.29) is 12.2 Å². The van der Waals surface area contributed by atoms with E-state index in [2.05, 4.69) is 10.3 Å². The Balaban J connectivity index is 2.52. The number of pyridine rings is 1. The maximum Gasteiger partial charge on any atom is 0.274 e. The first kappa shape index (κ1) is 14.0. The third kappa shape index (κ3) is 2.62. The second-order valence-electron chi connectivity index (χ2n) is 4.61. The number of aromatic hydroxyl groups is 1. The van der Waals surface area contributed by atoms with E-state index in [9.17, 15) is 14.7 Å². The second kappa shape index (κ2) is 5.30. The number of carbonyl (C=O) groups is 1. The van der Waals surface area contributed by atoms with Crippen LogP contribution in [0.1, 0.15) is 22.8 Å². The number of hydrogen-bond donors (Lipinski definition) is 3. The predicted octanol–water partition coefficient (Wildman–Crippen LogP) is -0.181. The van der Waals surface area contributed by atoms with Gasteiger partial charge in [0.2, 0.25) is 5.88 Å². The van der Waals surface area contributed by atoms with Crippen molar-refractivity contribution < 1.29 is 15.0 Å². The normalized spacial score (nSPS) is 12.3. The molecule has 0 bridgehead atoms. The van der Waals surface area contributed by atoms with Crippen molar-refractivity contribution in [3.63, 3.8) is 0 Å². The highest BCUT2D eigenvalue weighted by Gasteiger charge is 2.19. The van der Waals surface area contributed by atoms with Crippen molar-refractivity contribution in [1.82, 2.24) is 14.7 Å². The molecule has 1 amide bonds. The van der Waals surface area contributed by atoms with Gasteiger partial charge in [-0.05, 0) is 31.5 Å². The van der Waals surface area contributed by atoms with Gasteiger partial charge in [-0.1, -0.05) is 0 Å². The third-order valence-corrected chi connectivity index (χ3v) is 2.75. The van der Waals surface area contributed by atoms with Crippen molar-refractivity contribution in [2.45, 2.75) is 20.0 Å². The van der Waals surface area contributed by atoms with Crippen molar-refractivity contribution in [2.24, 2.45) is 0 Å². The van der Waals surface area contributed by atoms with Crippen molar-refractivity contribution in [2.75, 3.05) is 6.54 Å². The topological polar surface area (TPSA) is 104 Å². The van der Waals surface area contributed by atoms with Gasteiger partial charge in [-0.15, -0.1) is 0 Å². The van der Waals surface area contributed by atoms with Crippen LogP contribution in [0.4, 0.5) is 0 Å². The lowest BCUT2D eigenvalue weighted by Crippen LogP contribution is -2.35. The highest BCUT2D eigenvalue weighted by Crippen LogP contribution is 2.12. The number of aromatic nitrogens is 2. The molecule has 0 aliphatic carbocycles. The zero-order valence-electron chi connectivity index (χ0n) is 11.1. The summed E-state index contributed by atoms with van der Waals surface area (Å²) in [6.45, 7) is 3.30. The Morgan fingerprint density at radius 2 is 2.25 bits per heavy atom. The Morgan fingerprint density at radius 1 is 1.55 bits per heavy atom. The molecule has 20 heavy (non-hydrogen) atoms. The van der Waals surface area contributed by atoms with Crippen LogP contribution < -0.4 is 10.9 Å². The average molecular weight is 277 g/mol. The molecule has 2 aromatic heterocycles. The van der Waals surface area contributed by atoms with Gasteiger partial charge in [0.25, 0.3) is 11.5 Å². The zero-order chi connectivity index (χ0) is 14.9. The van der Waals surface area contributed by atoms with Crippen molar-refractivity contribution in [3.05, 3.63) is 39.8 Å². The summed E-state index contributed by atoms with van der Waals surface area (Å²) in [5, 5.41) is 21.2. The lowest BCUT2D eigenvalue weighted by Gasteiger charge is -2.09. The molecule has 0 saturated carbocycles. The van der Waals surface area contributed by atoms with Crippen LogP contribution in [0.25, 0.3) is 5.65 Å². The summed E-state index contributed by atoms with van der Waals surface area (Å²) in [6.07, 6.45) is 0.741. The van der Waals surface area contributed by atoms with Gasteiger partial charge in [-0.2, -0.15) is 4.98 Å². The lowest BCUT2D eigenvalue weighted by molar-refractivity contribution is 0.0919. The van der Waals surface area contributed by atoms with Crippen LogP contribution in [0.15, 0.2) is 23.1 Å². The predicted molar refractivity (Wildman–Crippen MR) is 71.9 cm³/mol. The van der Waals surface area contributed by atoms with Crippen LogP contribution >= 0.6 is 0 Å². The molecule has 0 aromatic carbocycles. The third-order valence-electron chi connectivity index (χ3n) is 2.75. The summed E-state index contributed by atoms with van der Waals surface area (Å²) in [5.41, 5.74) is 0.0461. The molecule has 2 rings (SSSR count). The largest absolute Gasteiger partial charge is 0.493 e. The fourth-order valence-electron chi connectivity index (χ4n) is 1.76. The van der Waals surface area contributed by atoms with Gasteiger partial charge in [0, 0.05) is 12.7 Å². The van der Waals surface area contributed by atoms with E-state index in [1.165, 1.54) is 17.5 Å². The zero-order valence-corrected chi connectivity index (χ0v) is 11.1.